The second kappa shape index (κ2) is 7.87. The van der Waals surface area contributed by atoms with Gasteiger partial charge >= 0.3 is 0 Å². The van der Waals surface area contributed by atoms with Gasteiger partial charge in [0, 0.05) is 33.3 Å². The number of benzene rings is 3. The van der Waals surface area contributed by atoms with Crippen molar-refractivity contribution in [2.24, 2.45) is 0 Å². The fraction of sp³-hybridized carbons (Fsp3) is 0.273. The average Bonchev–Trinajstić information content (AvgIpc) is 2.58. The highest BCUT2D eigenvalue weighted by Gasteiger charge is 2.14. The Morgan fingerprint density at radius 2 is 1.73 bits per heavy atom. The Kier molecular flexibility index (Phi) is 5.76. The van der Waals surface area contributed by atoms with Gasteiger partial charge in [0.05, 0.1) is 0 Å². The second-order valence-electron chi connectivity index (χ2n) is 7.39. The zero-order chi connectivity index (χ0) is 18.7. The van der Waals surface area contributed by atoms with Crippen LogP contribution in [0.5, 0.6) is 5.75 Å². The first kappa shape index (κ1) is 19.0. The molecule has 136 valence electrons. The van der Waals surface area contributed by atoms with Crippen LogP contribution in [0.2, 0.25) is 10.0 Å². The molecule has 0 radical (unpaired) electrons. The van der Waals surface area contributed by atoms with Gasteiger partial charge in [-0.15, -0.1) is 0 Å². The molecule has 2 nitrogen and oxygen atoms in total. The lowest BCUT2D eigenvalue weighted by Crippen LogP contribution is -2.35. The van der Waals surface area contributed by atoms with Crippen molar-refractivity contribution in [3.8, 4) is 5.75 Å². The largest absolute Gasteiger partial charge is 0.488 e. The Labute approximate surface area is 165 Å². The average molecular weight is 388 g/mol. The standard InChI is InChI=1S/C22H23Cl2NO/c1-22(2,3)25-13-19-18-7-5-4-6-15(18)9-11-21(19)26-14-16-8-10-17(23)12-20(16)24/h4-12,25H,13-14H2,1-3H3. The molecule has 0 aromatic heterocycles. The molecule has 0 spiro atoms. The van der Waals surface area contributed by atoms with Crippen LogP contribution in [-0.4, -0.2) is 5.54 Å². The molecule has 0 saturated heterocycles. The third kappa shape index (κ3) is 4.70. The summed E-state index contributed by atoms with van der Waals surface area (Å²) < 4.78 is 6.15. The third-order valence-electron chi connectivity index (χ3n) is 4.19. The predicted octanol–water partition coefficient (Wildman–Crippen LogP) is 6.61. The number of fused-ring (bicyclic) bond motifs is 1. The molecule has 0 bridgehead atoms. The molecular formula is C22H23Cl2NO. The number of hydrogen-bond donors (Lipinski definition) is 1. The van der Waals surface area contributed by atoms with Crippen molar-refractivity contribution in [2.45, 2.75) is 39.5 Å². The number of nitrogens with one attached hydrogen (secondary N) is 1. The summed E-state index contributed by atoms with van der Waals surface area (Å²) in [5.74, 6) is 0.867. The summed E-state index contributed by atoms with van der Waals surface area (Å²) >= 11 is 12.2. The molecule has 0 heterocycles. The summed E-state index contributed by atoms with van der Waals surface area (Å²) in [6.07, 6.45) is 0. The molecule has 1 N–H and O–H groups in total. The number of ether oxygens (including phenoxy) is 1. The Hall–Kier alpha value is -1.74. The molecule has 3 rings (SSSR count). The fourth-order valence-corrected chi connectivity index (χ4v) is 3.24. The van der Waals surface area contributed by atoms with Gasteiger partial charge < -0.3 is 10.1 Å². The number of hydrogen-bond acceptors (Lipinski definition) is 2. The highest BCUT2D eigenvalue weighted by atomic mass is 35.5. The van der Waals surface area contributed by atoms with Crippen molar-refractivity contribution in [3.63, 3.8) is 0 Å². The molecule has 0 saturated carbocycles. The van der Waals surface area contributed by atoms with Gasteiger partial charge in [-0.05, 0) is 49.7 Å². The van der Waals surface area contributed by atoms with Gasteiger partial charge in [-0.2, -0.15) is 0 Å². The van der Waals surface area contributed by atoms with E-state index >= 15 is 0 Å². The topological polar surface area (TPSA) is 21.3 Å². The molecule has 0 aliphatic heterocycles. The van der Waals surface area contributed by atoms with Crippen LogP contribution in [0.1, 0.15) is 31.9 Å². The van der Waals surface area contributed by atoms with Gasteiger partial charge in [0.25, 0.3) is 0 Å². The summed E-state index contributed by atoms with van der Waals surface area (Å²) in [4.78, 5) is 0. The molecule has 0 unspecified atom stereocenters. The Morgan fingerprint density at radius 3 is 2.46 bits per heavy atom. The first-order chi connectivity index (χ1) is 12.3. The maximum Gasteiger partial charge on any atom is 0.124 e. The van der Waals surface area contributed by atoms with E-state index in [-0.39, 0.29) is 5.54 Å². The van der Waals surface area contributed by atoms with Crippen LogP contribution >= 0.6 is 23.2 Å². The van der Waals surface area contributed by atoms with Crippen LogP contribution in [0.4, 0.5) is 0 Å². The van der Waals surface area contributed by atoms with E-state index in [0.717, 1.165) is 23.4 Å². The van der Waals surface area contributed by atoms with Crippen LogP contribution in [0.25, 0.3) is 10.8 Å². The van der Waals surface area contributed by atoms with Gasteiger partial charge in [0.2, 0.25) is 0 Å². The first-order valence-corrected chi connectivity index (χ1v) is 9.41. The van der Waals surface area contributed by atoms with Crippen LogP contribution in [-0.2, 0) is 13.2 Å². The quantitative estimate of drug-likeness (QED) is 0.531. The van der Waals surface area contributed by atoms with E-state index in [2.05, 4.69) is 56.4 Å². The lowest BCUT2D eigenvalue weighted by atomic mass is 10.0. The van der Waals surface area contributed by atoms with E-state index in [1.54, 1.807) is 6.07 Å². The lowest BCUT2D eigenvalue weighted by molar-refractivity contribution is 0.301. The Bertz CT molecular complexity index is 916. The molecule has 26 heavy (non-hydrogen) atoms. The summed E-state index contributed by atoms with van der Waals surface area (Å²) in [5.41, 5.74) is 2.09. The highest BCUT2D eigenvalue weighted by molar-refractivity contribution is 6.35. The molecule has 4 heteroatoms. The van der Waals surface area contributed by atoms with Crippen molar-refractivity contribution in [3.05, 3.63) is 75.8 Å². The number of halogens is 2. The molecule has 3 aromatic carbocycles. The minimum absolute atomic E-state index is 0.0215. The van der Waals surface area contributed by atoms with E-state index in [1.165, 1.54) is 10.8 Å². The fourth-order valence-electron chi connectivity index (χ4n) is 2.78. The van der Waals surface area contributed by atoms with E-state index in [9.17, 15) is 0 Å². The van der Waals surface area contributed by atoms with Crippen molar-refractivity contribution in [2.75, 3.05) is 0 Å². The second-order valence-corrected chi connectivity index (χ2v) is 8.23. The van der Waals surface area contributed by atoms with Crippen molar-refractivity contribution < 1.29 is 4.74 Å². The van der Waals surface area contributed by atoms with Gasteiger partial charge in [-0.1, -0.05) is 59.6 Å². The number of rotatable bonds is 5. The van der Waals surface area contributed by atoms with Crippen molar-refractivity contribution in [1.29, 1.82) is 0 Å². The van der Waals surface area contributed by atoms with Gasteiger partial charge in [-0.25, -0.2) is 0 Å². The molecule has 0 amide bonds. The summed E-state index contributed by atoms with van der Waals surface area (Å²) in [6, 6.07) is 18.0. The summed E-state index contributed by atoms with van der Waals surface area (Å²) in [7, 11) is 0. The molecule has 0 aliphatic rings. The van der Waals surface area contributed by atoms with Gasteiger partial charge in [0.1, 0.15) is 12.4 Å². The van der Waals surface area contributed by atoms with E-state index < -0.39 is 0 Å². The molecule has 0 fully saturated rings. The summed E-state index contributed by atoms with van der Waals surface area (Å²) in [5, 5.41) is 7.21. The van der Waals surface area contributed by atoms with Gasteiger partial charge in [-0.3, -0.25) is 0 Å². The highest BCUT2D eigenvalue weighted by Crippen LogP contribution is 2.30. The SMILES string of the molecule is CC(C)(C)NCc1c(OCc2ccc(Cl)cc2Cl)ccc2ccccc12. The predicted molar refractivity (Wildman–Crippen MR) is 111 cm³/mol. The molecular weight excluding hydrogens is 365 g/mol. The first-order valence-electron chi connectivity index (χ1n) is 8.66. The molecule has 0 aliphatic carbocycles. The van der Waals surface area contributed by atoms with Crippen molar-refractivity contribution >= 4 is 34.0 Å². The van der Waals surface area contributed by atoms with Gasteiger partial charge in [0.15, 0.2) is 0 Å². The monoisotopic (exact) mass is 387 g/mol. The van der Waals surface area contributed by atoms with Crippen LogP contribution in [0, 0.1) is 0 Å². The molecule has 0 atom stereocenters. The van der Waals surface area contributed by atoms with E-state index in [1.807, 2.05) is 18.2 Å². The lowest BCUT2D eigenvalue weighted by Gasteiger charge is -2.23. The smallest absolute Gasteiger partial charge is 0.124 e. The zero-order valence-electron chi connectivity index (χ0n) is 15.3. The minimum Gasteiger partial charge on any atom is -0.488 e. The van der Waals surface area contributed by atoms with E-state index in [0.29, 0.717) is 16.7 Å². The maximum absolute atomic E-state index is 6.27. The third-order valence-corrected chi connectivity index (χ3v) is 4.78. The van der Waals surface area contributed by atoms with Crippen LogP contribution in [0.3, 0.4) is 0 Å². The molecule has 3 aromatic rings. The zero-order valence-corrected chi connectivity index (χ0v) is 16.8. The Morgan fingerprint density at radius 1 is 0.962 bits per heavy atom. The summed E-state index contributed by atoms with van der Waals surface area (Å²) in [6.45, 7) is 7.61. The minimum atomic E-state index is 0.0215. The van der Waals surface area contributed by atoms with Crippen LogP contribution < -0.4 is 10.1 Å². The van der Waals surface area contributed by atoms with Crippen molar-refractivity contribution in [1.82, 2.24) is 5.32 Å². The Balaban J connectivity index is 1.91. The van der Waals surface area contributed by atoms with Crippen LogP contribution in [0.15, 0.2) is 54.6 Å². The normalized spacial score (nSPS) is 11.7. The van der Waals surface area contributed by atoms with E-state index in [4.69, 9.17) is 27.9 Å². The maximum atomic E-state index is 6.27.